The summed E-state index contributed by atoms with van der Waals surface area (Å²) in [5.74, 6) is 0.259. The van der Waals surface area contributed by atoms with Crippen molar-refractivity contribution in [3.05, 3.63) is 47.8 Å². The van der Waals surface area contributed by atoms with Gasteiger partial charge in [0.25, 0.3) is 0 Å². The minimum absolute atomic E-state index is 0.224. The van der Waals surface area contributed by atoms with Crippen molar-refractivity contribution in [2.24, 2.45) is 0 Å². The second-order valence-corrected chi connectivity index (χ2v) is 4.57. The Morgan fingerprint density at radius 3 is 2.67 bits per heavy atom. The average molecular weight is 243 g/mol. The van der Waals surface area contributed by atoms with Gasteiger partial charge in [0.2, 0.25) is 0 Å². The number of carbonyl (C=O) groups excluding carboxylic acids is 1. The van der Waals surface area contributed by atoms with Crippen LogP contribution in [0.3, 0.4) is 0 Å². The van der Waals surface area contributed by atoms with E-state index < -0.39 is 0 Å². The van der Waals surface area contributed by atoms with Gasteiger partial charge in [0.05, 0.1) is 5.69 Å². The molecule has 0 saturated heterocycles. The van der Waals surface area contributed by atoms with Crippen LogP contribution in [0.5, 0.6) is 0 Å². The lowest BCUT2D eigenvalue weighted by molar-refractivity contribution is 0.250. The molecule has 4 heteroatoms. The number of carbonyl (C=O) groups is 1. The third kappa shape index (κ3) is 2.42. The molecule has 0 unspecified atom stereocenters. The van der Waals surface area contributed by atoms with Gasteiger partial charge in [0.15, 0.2) is 0 Å². The van der Waals surface area contributed by atoms with E-state index in [9.17, 15) is 4.79 Å². The molecule has 0 atom stereocenters. The van der Waals surface area contributed by atoms with Crippen molar-refractivity contribution in [1.82, 2.24) is 9.78 Å². The van der Waals surface area contributed by atoms with E-state index >= 15 is 0 Å². The van der Waals surface area contributed by atoms with Crippen molar-refractivity contribution >= 4 is 11.7 Å². The largest absolute Gasteiger partial charge is 0.346 e. The summed E-state index contributed by atoms with van der Waals surface area (Å²) in [7, 11) is 0. The van der Waals surface area contributed by atoms with E-state index in [0.717, 1.165) is 16.9 Å². The number of para-hydroxylation sites is 1. The van der Waals surface area contributed by atoms with Gasteiger partial charge >= 0.3 is 6.03 Å². The molecule has 0 spiro atoms. The van der Waals surface area contributed by atoms with Gasteiger partial charge in [-0.25, -0.2) is 4.79 Å². The van der Waals surface area contributed by atoms with E-state index in [1.807, 2.05) is 51.1 Å². The Hall–Kier alpha value is -2.10. The van der Waals surface area contributed by atoms with Crippen LogP contribution < -0.4 is 5.32 Å². The second-order valence-electron chi connectivity index (χ2n) is 4.57. The molecule has 1 aromatic carbocycles. The van der Waals surface area contributed by atoms with Gasteiger partial charge in [-0.1, -0.05) is 32.0 Å². The van der Waals surface area contributed by atoms with Gasteiger partial charge in [-0.15, -0.1) is 0 Å². The van der Waals surface area contributed by atoms with Crippen LogP contribution in [0.25, 0.3) is 0 Å². The van der Waals surface area contributed by atoms with E-state index in [0.29, 0.717) is 0 Å². The molecule has 18 heavy (non-hydrogen) atoms. The van der Waals surface area contributed by atoms with Gasteiger partial charge < -0.3 is 5.32 Å². The van der Waals surface area contributed by atoms with E-state index in [1.54, 1.807) is 6.20 Å². The van der Waals surface area contributed by atoms with Crippen molar-refractivity contribution in [2.75, 3.05) is 5.32 Å². The van der Waals surface area contributed by atoms with Gasteiger partial charge in [0, 0.05) is 11.9 Å². The minimum Gasteiger partial charge on any atom is -0.306 e. The van der Waals surface area contributed by atoms with Crippen molar-refractivity contribution in [2.45, 2.75) is 26.7 Å². The molecular weight excluding hydrogens is 226 g/mol. The predicted octanol–water partition coefficient (Wildman–Crippen LogP) is 3.40. The first-order valence-corrected chi connectivity index (χ1v) is 6.00. The smallest absolute Gasteiger partial charge is 0.306 e. The summed E-state index contributed by atoms with van der Waals surface area (Å²) < 4.78 is 1.41. The first-order valence-electron chi connectivity index (χ1n) is 6.00. The number of amides is 1. The quantitative estimate of drug-likeness (QED) is 0.878. The van der Waals surface area contributed by atoms with E-state index in [-0.39, 0.29) is 11.9 Å². The molecule has 0 saturated carbocycles. The molecule has 94 valence electrons. The molecule has 1 aromatic heterocycles. The van der Waals surface area contributed by atoms with Crippen molar-refractivity contribution in [3.63, 3.8) is 0 Å². The Morgan fingerprint density at radius 1 is 1.28 bits per heavy atom. The maximum absolute atomic E-state index is 12.1. The Bertz CT molecular complexity index is 558. The lowest BCUT2D eigenvalue weighted by Crippen LogP contribution is -2.23. The molecule has 0 aliphatic heterocycles. The summed E-state index contributed by atoms with van der Waals surface area (Å²) >= 11 is 0. The van der Waals surface area contributed by atoms with Crippen LogP contribution in [0, 0.1) is 6.92 Å². The molecular formula is C14H17N3O. The fourth-order valence-corrected chi connectivity index (χ4v) is 1.80. The predicted molar refractivity (Wildman–Crippen MR) is 71.9 cm³/mol. The fraction of sp³-hybridized carbons (Fsp3) is 0.286. The summed E-state index contributed by atoms with van der Waals surface area (Å²) in [4.78, 5) is 12.1. The highest BCUT2D eigenvalue weighted by molar-refractivity contribution is 5.91. The number of hydrogen-bond acceptors (Lipinski definition) is 2. The third-order valence-electron chi connectivity index (χ3n) is 2.84. The zero-order chi connectivity index (χ0) is 13.1. The number of benzene rings is 1. The summed E-state index contributed by atoms with van der Waals surface area (Å²) in [6.07, 6.45) is 1.65. The fourth-order valence-electron chi connectivity index (χ4n) is 1.80. The van der Waals surface area contributed by atoms with Crippen LogP contribution in [0.2, 0.25) is 0 Å². The Balaban J connectivity index is 2.23. The number of aryl methyl sites for hydroxylation is 1. The lowest BCUT2D eigenvalue weighted by atomic mass is 10.1. The molecule has 0 bridgehead atoms. The minimum atomic E-state index is -0.224. The highest BCUT2D eigenvalue weighted by atomic mass is 16.2. The zero-order valence-corrected chi connectivity index (χ0v) is 10.8. The highest BCUT2D eigenvalue weighted by Gasteiger charge is 2.13. The molecule has 4 nitrogen and oxygen atoms in total. The van der Waals surface area contributed by atoms with Crippen LogP contribution in [0.15, 0.2) is 36.5 Å². The number of anilines is 1. The Morgan fingerprint density at radius 2 is 2.00 bits per heavy atom. The average Bonchev–Trinajstić information content (AvgIpc) is 2.81. The molecule has 2 aromatic rings. The van der Waals surface area contributed by atoms with Gasteiger partial charge in [-0.05, 0) is 30.5 Å². The summed E-state index contributed by atoms with van der Waals surface area (Å²) in [6, 6.07) is 9.32. The molecule has 1 N–H and O–H groups in total. The summed E-state index contributed by atoms with van der Waals surface area (Å²) in [5.41, 5.74) is 2.75. The molecule has 0 aliphatic carbocycles. The van der Waals surface area contributed by atoms with Crippen molar-refractivity contribution in [3.8, 4) is 0 Å². The Kier molecular flexibility index (Phi) is 3.46. The van der Waals surface area contributed by atoms with Crippen LogP contribution in [-0.4, -0.2) is 15.8 Å². The number of rotatable bonds is 2. The summed E-state index contributed by atoms with van der Waals surface area (Å²) in [5, 5.41) is 6.94. The third-order valence-corrected chi connectivity index (χ3v) is 2.84. The van der Waals surface area contributed by atoms with Gasteiger partial charge in [-0.2, -0.15) is 9.78 Å². The van der Waals surface area contributed by atoms with E-state index in [1.165, 1.54) is 4.68 Å². The first-order chi connectivity index (χ1) is 8.59. The number of nitrogens with one attached hydrogen (secondary N) is 1. The molecule has 1 amide bonds. The number of hydrogen-bond donors (Lipinski definition) is 1. The maximum Gasteiger partial charge on any atom is 0.346 e. The van der Waals surface area contributed by atoms with Crippen LogP contribution >= 0.6 is 0 Å². The van der Waals surface area contributed by atoms with E-state index in [4.69, 9.17) is 0 Å². The maximum atomic E-state index is 12.1. The lowest BCUT2D eigenvalue weighted by Gasteiger charge is -2.11. The molecule has 0 fully saturated rings. The van der Waals surface area contributed by atoms with Crippen LogP contribution in [0.1, 0.15) is 31.0 Å². The number of aromatic nitrogens is 2. The van der Waals surface area contributed by atoms with Crippen molar-refractivity contribution in [1.29, 1.82) is 0 Å². The van der Waals surface area contributed by atoms with Gasteiger partial charge in [0.1, 0.15) is 0 Å². The summed E-state index contributed by atoms with van der Waals surface area (Å²) in [6.45, 7) is 6.03. The van der Waals surface area contributed by atoms with Crippen LogP contribution in [0.4, 0.5) is 10.5 Å². The molecule has 1 heterocycles. The van der Waals surface area contributed by atoms with Gasteiger partial charge in [-0.3, -0.25) is 0 Å². The SMILES string of the molecule is Cc1ccccc1NC(=O)n1nccc1C(C)C. The van der Waals surface area contributed by atoms with Crippen LogP contribution in [-0.2, 0) is 0 Å². The second kappa shape index (κ2) is 5.04. The number of nitrogens with zero attached hydrogens (tertiary/aromatic N) is 2. The topological polar surface area (TPSA) is 46.9 Å². The monoisotopic (exact) mass is 243 g/mol. The molecule has 2 rings (SSSR count). The Labute approximate surface area is 107 Å². The van der Waals surface area contributed by atoms with Crippen molar-refractivity contribution < 1.29 is 4.79 Å². The highest BCUT2D eigenvalue weighted by Crippen LogP contribution is 2.16. The normalized spacial score (nSPS) is 10.7. The van der Waals surface area contributed by atoms with E-state index in [2.05, 4.69) is 10.4 Å². The standard InChI is InChI=1S/C14H17N3O/c1-10(2)13-8-9-15-17(13)14(18)16-12-7-5-4-6-11(12)3/h4-10H,1-3H3,(H,16,18). The first kappa shape index (κ1) is 12.4. The zero-order valence-electron chi connectivity index (χ0n) is 10.8. The molecule has 0 radical (unpaired) electrons. The molecule has 0 aliphatic rings.